The van der Waals surface area contributed by atoms with Gasteiger partial charge < -0.3 is 19.4 Å². The van der Waals surface area contributed by atoms with E-state index in [4.69, 9.17) is 9.15 Å². The van der Waals surface area contributed by atoms with Gasteiger partial charge in [0.25, 0.3) is 5.91 Å². The zero-order valence-corrected chi connectivity index (χ0v) is 23.6. The summed E-state index contributed by atoms with van der Waals surface area (Å²) in [5, 5.41) is 2.85. The fourth-order valence-electron chi connectivity index (χ4n) is 5.09. The van der Waals surface area contributed by atoms with Crippen LogP contribution in [0.15, 0.2) is 83.3 Å². The van der Waals surface area contributed by atoms with E-state index in [0.29, 0.717) is 36.1 Å². The summed E-state index contributed by atoms with van der Waals surface area (Å²) in [6, 6.07) is 25.4. The molecule has 1 atom stereocenters. The Morgan fingerprint density at radius 2 is 1.65 bits per heavy atom. The first-order chi connectivity index (χ1) is 19.3. The molecule has 40 heavy (non-hydrogen) atoms. The van der Waals surface area contributed by atoms with Crippen LogP contribution in [-0.4, -0.2) is 23.3 Å². The number of anilines is 1. The molecule has 1 aliphatic heterocycles. The fraction of sp³-hybridized carbons (Fsp3) is 0.294. The maximum Gasteiger partial charge on any atom is 0.291 e. The molecule has 0 saturated heterocycles. The minimum atomic E-state index is -0.309. The van der Waals surface area contributed by atoms with Crippen LogP contribution in [0.5, 0.6) is 5.75 Å². The van der Waals surface area contributed by atoms with Gasteiger partial charge in [0.15, 0.2) is 5.76 Å². The molecule has 2 heterocycles. The molecule has 0 fully saturated rings. The number of hydrogen-bond donors (Lipinski definition) is 1. The number of aryl methyl sites for hydroxylation is 2. The normalized spacial score (nSPS) is 14.6. The molecule has 3 aromatic carbocycles. The van der Waals surface area contributed by atoms with Gasteiger partial charge in [-0.25, -0.2) is 0 Å². The summed E-state index contributed by atoms with van der Waals surface area (Å²) in [4.78, 5) is 27.9. The Morgan fingerprint density at radius 3 is 2.35 bits per heavy atom. The Hall–Kier alpha value is -4.32. The molecule has 1 aromatic heterocycles. The van der Waals surface area contributed by atoms with E-state index in [2.05, 4.69) is 56.4 Å². The van der Waals surface area contributed by atoms with Gasteiger partial charge in [0, 0.05) is 18.7 Å². The maximum atomic E-state index is 13.3. The van der Waals surface area contributed by atoms with Gasteiger partial charge in [-0.15, -0.1) is 0 Å². The van der Waals surface area contributed by atoms with Crippen molar-refractivity contribution < 1.29 is 18.7 Å². The average molecular weight is 537 g/mol. The fourth-order valence-corrected chi connectivity index (χ4v) is 5.09. The summed E-state index contributed by atoms with van der Waals surface area (Å²) in [7, 11) is 0. The van der Waals surface area contributed by atoms with Crippen molar-refractivity contribution in [3.8, 4) is 5.75 Å². The van der Waals surface area contributed by atoms with Gasteiger partial charge in [0.05, 0.1) is 6.04 Å². The second kappa shape index (κ2) is 11.8. The Morgan fingerprint density at radius 1 is 0.950 bits per heavy atom. The summed E-state index contributed by atoms with van der Waals surface area (Å²) in [6.45, 7) is 9.10. The number of ether oxygens (including phenoxy) is 1. The molecule has 6 nitrogen and oxygen atoms in total. The molecular formula is C34H36N2O4. The molecule has 206 valence electrons. The molecule has 5 rings (SSSR count). The first-order valence-corrected chi connectivity index (χ1v) is 13.8. The number of hydrogen-bond acceptors (Lipinski definition) is 4. The number of carbonyl (C=O) groups is 2. The molecule has 0 radical (unpaired) electrons. The highest BCUT2D eigenvalue weighted by molar-refractivity contribution is 6.02. The number of furan rings is 1. The second-order valence-electron chi connectivity index (χ2n) is 11.0. The van der Waals surface area contributed by atoms with Gasteiger partial charge >= 0.3 is 0 Å². The summed E-state index contributed by atoms with van der Waals surface area (Å²) < 4.78 is 11.9. The molecule has 6 heteroatoms. The molecule has 0 aliphatic carbocycles. The molecule has 0 spiro atoms. The Balaban J connectivity index is 1.33. The van der Waals surface area contributed by atoms with Crippen molar-refractivity contribution in [3.05, 3.63) is 118 Å². The highest BCUT2D eigenvalue weighted by atomic mass is 16.5. The van der Waals surface area contributed by atoms with E-state index in [1.165, 1.54) is 11.1 Å². The number of nitrogens with zero attached hydrogens (tertiary/aromatic N) is 1. The Kier molecular flexibility index (Phi) is 8.06. The van der Waals surface area contributed by atoms with Gasteiger partial charge in [0.1, 0.15) is 18.1 Å². The molecule has 1 N–H and O–H groups in total. The van der Waals surface area contributed by atoms with Crippen molar-refractivity contribution in [1.82, 2.24) is 4.90 Å². The first-order valence-electron chi connectivity index (χ1n) is 13.8. The molecule has 1 unspecified atom stereocenters. The van der Waals surface area contributed by atoms with Crippen LogP contribution in [0.25, 0.3) is 0 Å². The molecule has 1 aliphatic rings. The van der Waals surface area contributed by atoms with Crippen LogP contribution < -0.4 is 10.1 Å². The van der Waals surface area contributed by atoms with E-state index in [9.17, 15) is 9.59 Å². The lowest BCUT2D eigenvalue weighted by atomic mass is 9.87. The van der Waals surface area contributed by atoms with Crippen molar-refractivity contribution in [1.29, 1.82) is 0 Å². The van der Waals surface area contributed by atoms with Crippen LogP contribution in [-0.2, 0) is 17.8 Å². The number of benzene rings is 3. The van der Waals surface area contributed by atoms with E-state index in [1.807, 2.05) is 48.2 Å². The van der Waals surface area contributed by atoms with Crippen molar-refractivity contribution >= 4 is 17.5 Å². The third-order valence-corrected chi connectivity index (χ3v) is 7.22. The quantitative estimate of drug-likeness (QED) is 0.257. The van der Waals surface area contributed by atoms with Gasteiger partial charge in [-0.3, -0.25) is 9.59 Å². The average Bonchev–Trinajstić information content (AvgIpc) is 3.42. The third-order valence-electron chi connectivity index (χ3n) is 7.22. The summed E-state index contributed by atoms with van der Waals surface area (Å²) in [6.07, 6.45) is 1.33. The van der Waals surface area contributed by atoms with Gasteiger partial charge in [0.2, 0.25) is 5.91 Å². The van der Waals surface area contributed by atoms with E-state index in [-0.39, 0.29) is 30.2 Å². The number of carbonyl (C=O) groups excluding carboxylic acids is 2. The van der Waals surface area contributed by atoms with Gasteiger partial charge in [-0.05, 0) is 79.3 Å². The molecular weight excluding hydrogens is 500 g/mol. The highest BCUT2D eigenvalue weighted by Crippen LogP contribution is 2.38. The van der Waals surface area contributed by atoms with Gasteiger partial charge in [-0.1, -0.05) is 67.4 Å². The van der Waals surface area contributed by atoms with Crippen LogP contribution in [0.2, 0.25) is 0 Å². The zero-order chi connectivity index (χ0) is 28.2. The molecule has 0 saturated carbocycles. The summed E-state index contributed by atoms with van der Waals surface area (Å²) in [5.41, 5.74) is 6.42. The third kappa shape index (κ3) is 6.28. The van der Waals surface area contributed by atoms with Crippen molar-refractivity contribution in [2.75, 3.05) is 11.9 Å². The van der Waals surface area contributed by atoms with Crippen molar-refractivity contribution in [3.63, 3.8) is 0 Å². The molecule has 2 amide bonds. The minimum Gasteiger partial charge on any atom is -0.486 e. The largest absolute Gasteiger partial charge is 0.486 e. The molecule has 4 aromatic rings. The van der Waals surface area contributed by atoms with E-state index < -0.39 is 0 Å². The SMILES string of the molecule is Cc1ccc(NC(=O)c2ccc(COc3ccc4c(c3)C(c3ccc(C)cc3)N(C(=O)CC(C)C)CC4)o2)cc1. The lowest BCUT2D eigenvalue weighted by Crippen LogP contribution is -2.41. The van der Waals surface area contributed by atoms with Crippen LogP contribution in [0.4, 0.5) is 5.69 Å². The monoisotopic (exact) mass is 536 g/mol. The van der Waals surface area contributed by atoms with E-state index in [0.717, 1.165) is 23.1 Å². The second-order valence-corrected chi connectivity index (χ2v) is 11.0. The van der Waals surface area contributed by atoms with Crippen LogP contribution in [0.3, 0.4) is 0 Å². The van der Waals surface area contributed by atoms with E-state index >= 15 is 0 Å². The predicted molar refractivity (Wildman–Crippen MR) is 157 cm³/mol. The van der Waals surface area contributed by atoms with Crippen LogP contribution >= 0.6 is 0 Å². The maximum absolute atomic E-state index is 13.3. The van der Waals surface area contributed by atoms with Crippen LogP contribution in [0, 0.1) is 19.8 Å². The van der Waals surface area contributed by atoms with Crippen molar-refractivity contribution in [2.24, 2.45) is 5.92 Å². The standard InChI is InChI=1S/C34H36N2O4/c1-22(2)19-32(37)36-18-17-25-11-14-28(20-30(25)33(36)26-9-5-23(3)6-10-26)39-21-29-15-16-31(40-29)34(38)35-27-12-7-24(4)8-13-27/h5-16,20,22,33H,17-19,21H2,1-4H3,(H,35,38). The molecule has 0 bridgehead atoms. The topological polar surface area (TPSA) is 71.8 Å². The first kappa shape index (κ1) is 27.3. The predicted octanol–water partition coefficient (Wildman–Crippen LogP) is 7.25. The summed E-state index contributed by atoms with van der Waals surface area (Å²) in [5.74, 6) is 1.62. The minimum absolute atomic E-state index is 0.167. The number of fused-ring (bicyclic) bond motifs is 1. The van der Waals surface area contributed by atoms with Crippen molar-refractivity contribution in [2.45, 2.75) is 53.2 Å². The highest BCUT2D eigenvalue weighted by Gasteiger charge is 2.32. The zero-order valence-electron chi connectivity index (χ0n) is 23.6. The number of nitrogens with one attached hydrogen (secondary N) is 1. The number of rotatable bonds is 8. The Labute approximate surface area is 236 Å². The van der Waals surface area contributed by atoms with Gasteiger partial charge in [-0.2, -0.15) is 0 Å². The van der Waals surface area contributed by atoms with E-state index in [1.54, 1.807) is 12.1 Å². The smallest absolute Gasteiger partial charge is 0.291 e. The summed E-state index contributed by atoms with van der Waals surface area (Å²) >= 11 is 0. The lowest BCUT2D eigenvalue weighted by molar-refractivity contribution is -0.134. The number of amides is 2. The van der Waals surface area contributed by atoms with Crippen LogP contribution in [0.1, 0.15) is 70.4 Å². The lowest BCUT2D eigenvalue weighted by Gasteiger charge is -2.38. The Bertz CT molecular complexity index is 1490.